The summed E-state index contributed by atoms with van der Waals surface area (Å²) in [6, 6.07) is 10.4. The largest absolute Gasteiger partial charge is 0.358 e. The smallest absolute Gasteiger partial charge is 0.152 e. The van der Waals surface area contributed by atoms with Crippen molar-refractivity contribution in [3.63, 3.8) is 0 Å². The summed E-state index contributed by atoms with van der Waals surface area (Å²) < 4.78 is 2.16. The monoisotopic (exact) mass is 300 g/mol. The Morgan fingerprint density at radius 3 is 2.95 bits per heavy atom. The molecule has 0 aliphatic heterocycles. The number of imidazole rings is 1. The van der Waals surface area contributed by atoms with Crippen molar-refractivity contribution in [2.45, 2.75) is 13.0 Å². The van der Waals surface area contributed by atoms with Crippen LogP contribution in [-0.4, -0.2) is 30.0 Å². The van der Waals surface area contributed by atoms with Crippen LogP contribution in [0, 0.1) is 0 Å². The summed E-state index contributed by atoms with van der Waals surface area (Å²) in [4.78, 5) is 8.45. The molecule has 5 heteroatoms. The molecule has 0 aromatic carbocycles. The van der Waals surface area contributed by atoms with Gasteiger partial charge in [0.2, 0.25) is 0 Å². The molecule has 0 aliphatic carbocycles. The first-order valence-corrected chi connectivity index (χ1v) is 8.01. The third kappa shape index (κ3) is 2.94. The number of likely N-dealkylation sites (N-methyl/N-ethyl adjacent to an activating group) is 1. The number of pyridine rings is 1. The van der Waals surface area contributed by atoms with Gasteiger partial charge in [0.1, 0.15) is 5.65 Å². The van der Waals surface area contributed by atoms with E-state index in [0.717, 1.165) is 31.0 Å². The van der Waals surface area contributed by atoms with Crippen LogP contribution < -0.4 is 10.2 Å². The van der Waals surface area contributed by atoms with E-state index in [2.05, 4.69) is 51.4 Å². The van der Waals surface area contributed by atoms with E-state index in [1.54, 1.807) is 0 Å². The molecule has 3 rings (SSSR count). The Labute approximate surface area is 129 Å². The lowest BCUT2D eigenvalue weighted by Crippen LogP contribution is -2.23. The van der Waals surface area contributed by atoms with Crippen molar-refractivity contribution in [1.29, 1.82) is 0 Å². The van der Waals surface area contributed by atoms with E-state index in [1.165, 1.54) is 10.6 Å². The van der Waals surface area contributed by atoms with Crippen molar-refractivity contribution >= 4 is 22.8 Å². The van der Waals surface area contributed by atoms with Crippen LogP contribution in [0.25, 0.3) is 5.65 Å². The standard InChI is InChI=1S/C16H20N4S/c1-17-12-14-16(18-15-7-3-4-9-20(14)15)19(2)10-8-13-6-5-11-21-13/h3-7,9,11,17H,8,10,12H2,1-2H3. The van der Waals surface area contributed by atoms with Gasteiger partial charge < -0.3 is 14.6 Å². The molecule has 21 heavy (non-hydrogen) atoms. The zero-order valence-electron chi connectivity index (χ0n) is 12.4. The second kappa shape index (κ2) is 6.28. The van der Waals surface area contributed by atoms with Gasteiger partial charge in [0.25, 0.3) is 0 Å². The van der Waals surface area contributed by atoms with Gasteiger partial charge in [-0.2, -0.15) is 0 Å². The topological polar surface area (TPSA) is 32.6 Å². The minimum absolute atomic E-state index is 0.809. The zero-order valence-corrected chi connectivity index (χ0v) is 13.2. The highest BCUT2D eigenvalue weighted by Gasteiger charge is 2.14. The van der Waals surface area contributed by atoms with Crippen molar-refractivity contribution in [3.05, 3.63) is 52.5 Å². The minimum Gasteiger partial charge on any atom is -0.358 e. The number of rotatable bonds is 6. The summed E-state index contributed by atoms with van der Waals surface area (Å²) in [6.45, 7) is 1.78. The Morgan fingerprint density at radius 2 is 2.19 bits per heavy atom. The summed E-state index contributed by atoms with van der Waals surface area (Å²) in [6.07, 6.45) is 3.13. The van der Waals surface area contributed by atoms with Gasteiger partial charge in [-0.3, -0.25) is 0 Å². The minimum atomic E-state index is 0.809. The van der Waals surface area contributed by atoms with E-state index >= 15 is 0 Å². The van der Waals surface area contributed by atoms with E-state index in [-0.39, 0.29) is 0 Å². The molecule has 0 amide bonds. The Hall–Kier alpha value is -1.85. The van der Waals surface area contributed by atoms with Crippen molar-refractivity contribution in [2.75, 3.05) is 25.5 Å². The van der Waals surface area contributed by atoms with Crippen LogP contribution >= 0.6 is 11.3 Å². The molecule has 0 aliphatic rings. The van der Waals surface area contributed by atoms with Crippen LogP contribution in [0.1, 0.15) is 10.6 Å². The number of thiophene rings is 1. The molecule has 3 aromatic rings. The Morgan fingerprint density at radius 1 is 1.29 bits per heavy atom. The Bertz CT molecular complexity index is 702. The summed E-state index contributed by atoms with van der Waals surface area (Å²) in [5, 5.41) is 5.37. The molecule has 3 aromatic heterocycles. The molecule has 0 spiro atoms. The number of aromatic nitrogens is 2. The van der Waals surface area contributed by atoms with Crippen molar-refractivity contribution in [1.82, 2.24) is 14.7 Å². The summed E-state index contributed by atoms with van der Waals surface area (Å²) in [7, 11) is 4.09. The lowest BCUT2D eigenvalue weighted by molar-refractivity contribution is 0.770. The van der Waals surface area contributed by atoms with Crippen LogP contribution in [0.2, 0.25) is 0 Å². The van der Waals surface area contributed by atoms with Crippen LogP contribution in [0.3, 0.4) is 0 Å². The quantitative estimate of drug-likeness (QED) is 0.760. The molecule has 0 saturated heterocycles. The van der Waals surface area contributed by atoms with Gasteiger partial charge in [-0.15, -0.1) is 11.3 Å². The molecule has 0 unspecified atom stereocenters. The first-order valence-electron chi connectivity index (χ1n) is 7.13. The van der Waals surface area contributed by atoms with Gasteiger partial charge in [-0.05, 0) is 37.0 Å². The summed E-state index contributed by atoms with van der Waals surface area (Å²) in [5.41, 5.74) is 2.21. The maximum absolute atomic E-state index is 4.78. The first kappa shape index (κ1) is 14.1. The fourth-order valence-corrected chi connectivity index (χ4v) is 3.21. The molecule has 0 bridgehead atoms. The van der Waals surface area contributed by atoms with Crippen LogP contribution in [-0.2, 0) is 13.0 Å². The molecule has 4 nitrogen and oxygen atoms in total. The molecular formula is C16H20N4S. The van der Waals surface area contributed by atoms with Gasteiger partial charge in [-0.25, -0.2) is 4.98 Å². The number of hydrogen-bond acceptors (Lipinski definition) is 4. The Kier molecular flexibility index (Phi) is 4.22. The molecule has 1 N–H and O–H groups in total. The first-order chi connectivity index (χ1) is 10.3. The normalized spacial score (nSPS) is 11.1. The molecule has 0 fully saturated rings. The predicted octanol–water partition coefficient (Wildman–Crippen LogP) is 2.79. The van der Waals surface area contributed by atoms with Gasteiger partial charge in [0.05, 0.1) is 5.69 Å². The number of fused-ring (bicyclic) bond motifs is 1. The summed E-state index contributed by atoms with van der Waals surface area (Å²) >= 11 is 1.81. The second-order valence-electron chi connectivity index (χ2n) is 5.09. The van der Waals surface area contributed by atoms with Crippen molar-refractivity contribution < 1.29 is 0 Å². The van der Waals surface area contributed by atoms with E-state index in [1.807, 2.05) is 30.5 Å². The highest BCUT2D eigenvalue weighted by molar-refractivity contribution is 7.09. The van der Waals surface area contributed by atoms with Crippen molar-refractivity contribution in [3.8, 4) is 0 Å². The van der Waals surface area contributed by atoms with Gasteiger partial charge >= 0.3 is 0 Å². The maximum atomic E-state index is 4.78. The Balaban J connectivity index is 1.85. The lowest BCUT2D eigenvalue weighted by Gasteiger charge is -2.18. The van der Waals surface area contributed by atoms with Crippen molar-refractivity contribution in [2.24, 2.45) is 0 Å². The van der Waals surface area contributed by atoms with Crippen LogP contribution in [0.4, 0.5) is 5.82 Å². The molecule has 0 atom stereocenters. The maximum Gasteiger partial charge on any atom is 0.152 e. The van der Waals surface area contributed by atoms with Crippen LogP contribution in [0.15, 0.2) is 41.9 Å². The highest BCUT2D eigenvalue weighted by atomic mass is 32.1. The fraction of sp³-hybridized carbons (Fsp3) is 0.312. The molecule has 3 heterocycles. The van der Waals surface area contributed by atoms with Gasteiger partial charge in [0.15, 0.2) is 5.82 Å². The molecule has 0 saturated carbocycles. The average molecular weight is 300 g/mol. The van der Waals surface area contributed by atoms with E-state index in [9.17, 15) is 0 Å². The van der Waals surface area contributed by atoms with Crippen LogP contribution in [0.5, 0.6) is 0 Å². The second-order valence-corrected chi connectivity index (χ2v) is 6.12. The lowest BCUT2D eigenvalue weighted by atomic mass is 10.3. The average Bonchev–Trinajstić information content (AvgIpc) is 3.13. The van der Waals surface area contributed by atoms with E-state index in [0.29, 0.717) is 0 Å². The molecule has 0 radical (unpaired) electrons. The van der Waals surface area contributed by atoms with Gasteiger partial charge in [-0.1, -0.05) is 12.1 Å². The van der Waals surface area contributed by atoms with Gasteiger partial charge in [0, 0.05) is 31.2 Å². The predicted molar refractivity (Wildman–Crippen MR) is 89.2 cm³/mol. The van der Waals surface area contributed by atoms with E-state index < -0.39 is 0 Å². The molecular weight excluding hydrogens is 280 g/mol. The number of anilines is 1. The summed E-state index contributed by atoms with van der Waals surface area (Å²) in [5.74, 6) is 1.06. The molecule has 110 valence electrons. The number of hydrogen-bond donors (Lipinski definition) is 1. The van der Waals surface area contributed by atoms with E-state index in [4.69, 9.17) is 4.98 Å². The SMILES string of the molecule is CNCc1c(N(C)CCc2cccs2)nc2ccccn12. The zero-order chi connectivity index (χ0) is 14.7. The number of nitrogens with zero attached hydrogens (tertiary/aromatic N) is 3. The number of nitrogens with one attached hydrogen (secondary N) is 1. The third-order valence-corrected chi connectivity index (χ3v) is 4.52. The highest BCUT2D eigenvalue weighted by Crippen LogP contribution is 2.21. The fourth-order valence-electron chi connectivity index (χ4n) is 2.51. The third-order valence-electron chi connectivity index (χ3n) is 3.59.